The number of likely N-dealkylation sites (tertiary alicyclic amines) is 3. The van der Waals surface area contributed by atoms with Gasteiger partial charge < -0.3 is 19.6 Å². The lowest BCUT2D eigenvalue weighted by Gasteiger charge is -2.33. The number of ether oxygens (including phenoxy) is 1. The van der Waals surface area contributed by atoms with Crippen molar-refractivity contribution in [1.29, 1.82) is 0 Å². The summed E-state index contributed by atoms with van der Waals surface area (Å²) >= 11 is 0. The van der Waals surface area contributed by atoms with Gasteiger partial charge in [-0.2, -0.15) is 0 Å². The van der Waals surface area contributed by atoms with Crippen LogP contribution in [-0.4, -0.2) is 105 Å². The van der Waals surface area contributed by atoms with Crippen LogP contribution in [0.15, 0.2) is 5.11 Å². The minimum absolute atomic E-state index is 0.105. The van der Waals surface area contributed by atoms with Crippen LogP contribution in [0.4, 0.5) is 13.6 Å². The van der Waals surface area contributed by atoms with Crippen molar-refractivity contribution in [3.05, 3.63) is 10.4 Å². The Morgan fingerprint density at radius 3 is 1.94 bits per heavy atom. The van der Waals surface area contributed by atoms with Gasteiger partial charge in [-0.1, -0.05) is 5.11 Å². The highest BCUT2D eigenvalue weighted by Gasteiger charge is 2.50. The van der Waals surface area contributed by atoms with Gasteiger partial charge in [0.15, 0.2) is 0 Å². The van der Waals surface area contributed by atoms with Crippen LogP contribution in [-0.2, 0) is 19.1 Å². The molecule has 3 saturated heterocycles. The molecule has 3 rings (SSSR count). The van der Waals surface area contributed by atoms with E-state index in [2.05, 4.69) is 10.0 Å². The lowest BCUT2D eigenvalue weighted by atomic mass is 10.1. The van der Waals surface area contributed by atoms with Crippen LogP contribution < -0.4 is 0 Å². The predicted octanol–water partition coefficient (Wildman–Crippen LogP) is 1.64. The van der Waals surface area contributed by atoms with Crippen molar-refractivity contribution in [2.75, 3.05) is 19.6 Å². The summed E-state index contributed by atoms with van der Waals surface area (Å²) in [6, 6.07) is -4.69. The van der Waals surface area contributed by atoms with Gasteiger partial charge in [0.2, 0.25) is 11.8 Å². The first-order valence-corrected chi connectivity index (χ1v) is 11.0. The Bertz CT molecular complexity index is 906. The third kappa shape index (κ3) is 5.32. The monoisotopic (exact) mass is 486 g/mol. The Morgan fingerprint density at radius 2 is 1.41 bits per heavy atom. The maximum absolute atomic E-state index is 14.3. The van der Waals surface area contributed by atoms with E-state index in [0.717, 1.165) is 14.7 Å². The second-order valence-corrected chi connectivity index (χ2v) is 9.76. The van der Waals surface area contributed by atoms with Gasteiger partial charge in [0, 0.05) is 24.3 Å². The van der Waals surface area contributed by atoms with Gasteiger partial charge >= 0.3 is 12.1 Å². The fraction of sp³-hybridized carbons (Fsp3) is 0.800. The van der Waals surface area contributed by atoms with Crippen LogP contribution in [0.3, 0.4) is 0 Å². The first kappa shape index (κ1) is 25.5. The molecule has 0 spiro atoms. The molecule has 0 aromatic carbocycles. The highest BCUT2D eigenvalue weighted by Crippen LogP contribution is 2.31. The molecule has 3 aliphatic heterocycles. The third-order valence-electron chi connectivity index (χ3n) is 6.04. The average Bonchev–Trinajstić information content (AvgIpc) is 3.42. The predicted molar refractivity (Wildman–Crippen MR) is 112 cm³/mol. The van der Waals surface area contributed by atoms with Gasteiger partial charge in [-0.25, -0.2) is 18.4 Å². The minimum atomic E-state index is -1.53. The molecule has 12 nitrogen and oxygen atoms in total. The molecule has 34 heavy (non-hydrogen) atoms. The molecule has 3 heterocycles. The number of carboxylic acid groups (broad SMARTS) is 1. The van der Waals surface area contributed by atoms with E-state index in [-0.39, 0.29) is 32.4 Å². The minimum Gasteiger partial charge on any atom is -0.480 e. The zero-order chi connectivity index (χ0) is 25.4. The van der Waals surface area contributed by atoms with E-state index in [9.17, 15) is 33.1 Å². The quantitative estimate of drug-likeness (QED) is 0.362. The zero-order valence-corrected chi connectivity index (χ0v) is 19.1. The van der Waals surface area contributed by atoms with E-state index >= 15 is 0 Å². The number of halogens is 2. The maximum atomic E-state index is 14.3. The molecule has 0 unspecified atom stereocenters. The third-order valence-corrected chi connectivity index (χ3v) is 6.04. The number of azide groups is 1. The number of alkyl halides is 2. The summed E-state index contributed by atoms with van der Waals surface area (Å²) in [5, 5.41) is 13.0. The van der Waals surface area contributed by atoms with Crippen molar-refractivity contribution in [2.45, 2.75) is 82.1 Å². The Kier molecular flexibility index (Phi) is 7.20. The number of hydrogen-bond acceptors (Lipinski definition) is 6. The van der Waals surface area contributed by atoms with E-state index < -0.39 is 72.5 Å². The molecule has 0 aromatic rings. The number of amides is 3. The summed E-state index contributed by atoms with van der Waals surface area (Å²) in [7, 11) is 0. The number of carboxylic acids is 1. The largest absolute Gasteiger partial charge is 0.480 e. The Balaban J connectivity index is 1.86. The second kappa shape index (κ2) is 9.61. The summed E-state index contributed by atoms with van der Waals surface area (Å²) in [5.74, 6) is -2.92. The van der Waals surface area contributed by atoms with Crippen molar-refractivity contribution in [2.24, 2.45) is 5.11 Å². The van der Waals surface area contributed by atoms with E-state index in [1.165, 1.54) is 0 Å². The van der Waals surface area contributed by atoms with Crippen molar-refractivity contribution < 1.29 is 37.8 Å². The van der Waals surface area contributed by atoms with Crippen molar-refractivity contribution in [1.82, 2.24) is 14.7 Å². The summed E-state index contributed by atoms with van der Waals surface area (Å²) in [4.78, 5) is 56.4. The molecule has 3 amide bonds. The summed E-state index contributed by atoms with van der Waals surface area (Å²) < 4.78 is 33.5. The SMILES string of the molecule is CC(C)(C)OC(=O)N1C[C@@H](F)C[C@H]1C(=O)N1C[C@@H](N=[N+]=[N-])C[C@H]1C(=O)N1C[C@@H](F)C[C@H]1C(=O)O. The van der Waals surface area contributed by atoms with Crippen LogP contribution in [0.25, 0.3) is 10.4 Å². The van der Waals surface area contributed by atoms with E-state index in [1.54, 1.807) is 20.8 Å². The van der Waals surface area contributed by atoms with Gasteiger partial charge in [-0.05, 0) is 32.7 Å². The van der Waals surface area contributed by atoms with E-state index in [1.807, 2.05) is 0 Å². The van der Waals surface area contributed by atoms with E-state index in [4.69, 9.17) is 10.3 Å². The highest BCUT2D eigenvalue weighted by molar-refractivity contribution is 5.94. The smallest absolute Gasteiger partial charge is 0.411 e. The standard InChI is InChI=1S/C20H28F2N6O6/c1-20(2,3)34-19(33)28-8-10(21)4-13(28)16(29)27-9-12(24-25-23)6-14(27)17(30)26-7-11(22)5-15(26)18(31)32/h10-15H,4-9H2,1-3H3,(H,31,32)/t10-,11-,12-,13-,14-,15-/m0/s1. The fourth-order valence-electron chi connectivity index (χ4n) is 4.63. The van der Waals surface area contributed by atoms with Gasteiger partial charge in [0.1, 0.15) is 36.1 Å². The zero-order valence-electron chi connectivity index (χ0n) is 19.1. The molecule has 0 aliphatic carbocycles. The summed E-state index contributed by atoms with van der Waals surface area (Å²) in [6.07, 6.45) is -4.70. The molecule has 188 valence electrons. The van der Waals surface area contributed by atoms with Gasteiger partial charge in [-0.3, -0.25) is 14.5 Å². The molecule has 6 atom stereocenters. The van der Waals surface area contributed by atoms with Crippen molar-refractivity contribution >= 4 is 23.9 Å². The molecule has 0 bridgehead atoms. The lowest BCUT2D eigenvalue weighted by molar-refractivity contribution is -0.152. The molecule has 14 heteroatoms. The molecule has 3 aliphatic rings. The van der Waals surface area contributed by atoms with Crippen LogP contribution in [0.5, 0.6) is 0 Å². The number of aliphatic carboxylic acids is 1. The van der Waals surface area contributed by atoms with Gasteiger partial charge in [0.05, 0.1) is 19.1 Å². The molecular weight excluding hydrogens is 458 g/mol. The van der Waals surface area contributed by atoms with Crippen LogP contribution in [0.2, 0.25) is 0 Å². The molecule has 3 fully saturated rings. The van der Waals surface area contributed by atoms with Crippen molar-refractivity contribution in [3.8, 4) is 0 Å². The Hall–Kier alpha value is -3.15. The number of nitrogens with zero attached hydrogens (tertiary/aromatic N) is 6. The normalized spacial score (nSPS) is 31.4. The second-order valence-electron chi connectivity index (χ2n) is 9.76. The Labute approximate surface area is 194 Å². The van der Waals surface area contributed by atoms with Crippen LogP contribution in [0.1, 0.15) is 40.0 Å². The van der Waals surface area contributed by atoms with Crippen LogP contribution >= 0.6 is 0 Å². The first-order valence-electron chi connectivity index (χ1n) is 11.0. The topological polar surface area (TPSA) is 156 Å². The van der Waals surface area contributed by atoms with Crippen molar-refractivity contribution in [3.63, 3.8) is 0 Å². The molecule has 1 N–H and O–H groups in total. The molecule has 0 radical (unpaired) electrons. The highest BCUT2D eigenvalue weighted by atomic mass is 19.1. The number of hydrogen-bond donors (Lipinski definition) is 1. The first-order chi connectivity index (χ1) is 15.8. The van der Waals surface area contributed by atoms with Crippen LogP contribution in [0, 0.1) is 0 Å². The number of carbonyl (C=O) groups excluding carboxylic acids is 3. The van der Waals surface area contributed by atoms with Gasteiger partial charge in [-0.15, -0.1) is 0 Å². The fourth-order valence-corrected chi connectivity index (χ4v) is 4.63. The average molecular weight is 486 g/mol. The van der Waals surface area contributed by atoms with E-state index in [0.29, 0.717) is 0 Å². The molecule has 0 aromatic heterocycles. The number of carbonyl (C=O) groups is 4. The lowest BCUT2D eigenvalue weighted by Crippen LogP contribution is -2.55. The molecular formula is C20H28F2N6O6. The summed E-state index contributed by atoms with van der Waals surface area (Å²) in [6.45, 7) is 3.88. The maximum Gasteiger partial charge on any atom is 0.411 e. The van der Waals surface area contributed by atoms with Gasteiger partial charge in [0.25, 0.3) is 0 Å². The summed E-state index contributed by atoms with van der Waals surface area (Å²) in [5.41, 5.74) is 7.93. The molecule has 0 saturated carbocycles. The number of rotatable bonds is 4. The Morgan fingerprint density at radius 1 is 0.912 bits per heavy atom.